The van der Waals surface area contributed by atoms with Gasteiger partial charge < -0.3 is 10.4 Å². The quantitative estimate of drug-likeness (QED) is 0.840. The van der Waals surface area contributed by atoms with Crippen LogP contribution in [0.4, 0.5) is 0 Å². The standard InChI is InChI=1S/C21H22N2O2/c24-20-12-13-23(16-20)15-19-9-5-4-8-18(19)14-22-21(25)11-10-17-6-2-1-3-7-17/h1-9,20,24H,12-16H2,(H,22,25)/t20-/m1/s1. The molecule has 0 saturated carbocycles. The minimum absolute atomic E-state index is 0.222. The van der Waals surface area contributed by atoms with Crippen molar-refractivity contribution in [3.8, 4) is 11.8 Å². The van der Waals surface area contributed by atoms with Crippen molar-refractivity contribution < 1.29 is 9.90 Å². The van der Waals surface area contributed by atoms with E-state index in [1.54, 1.807) is 0 Å². The van der Waals surface area contributed by atoms with Crippen molar-refractivity contribution in [1.82, 2.24) is 10.2 Å². The molecular weight excluding hydrogens is 312 g/mol. The number of carbonyl (C=O) groups excluding carboxylic acids is 1. The molecule has 1 heterocycles. The molecule has 0 unspecified atom stereocenters. The van der Waals surface area contributed by atoms with E-state index in [4.69, 9.17) is 0 Å². The van der Waals surface area contributed by atoms with Gasteiger partial charge in [-0.05, 0) is 29.7 Å². The van der Waals surface area contributed by atoms with Gasteiger partial charge in [0.1, 0.15) is 0 Å². The van der Waals surface area contributed by atoms with Crippen molar-refractivity contribution in [1.29, 1.82) is 0 Å². The summed E-state index contributed by atoms with van der Waals surface area (Å²) in [5.41, 5.74) is 3.08. The average molecular weight is 334 g/mol. The lowest BCUT2D eigenvalue weighted by Gasteiger charge is -2.17. The highest BCUT2D eigenvalue weighted by Crippen LogP contribution is 2.16. The summed E-state index contributed by atoms with van der Waals surface area (Å²) in [7, 11) is 0. The van der Waals surface area contributed by atoms with Crippen LogP contribution in [0.2, 0.25) is 0 Å². The Morgan fingerprint density at radius 1 is 1.12 bits per heavy atom. The number of nitrogens with zero attached hydrogens (tertiary/aromatic N) is 1. The molecule has 0 spiro atoms. The van der Waals surface area contributed by atoms with E-state index in [1.165, 1.54) is 5.56 Å². The van der Waals surface area contributed by atoms with Crippen molar-refractivity contribution >= 4 is 5.91 Å². The number of nitrogens with one attached hydrogen (secondary N) is 1. The molecule has 0 aliphatic carbocycles. The van der Waals surface area contributed by atoms with E-state index in [2.05, 4.69) is 28.1 Å². The summed E-state index contributed by atoms with van der Waals surface area (Å²) in [4.78, 5) is 14.2. The molecular formula is C21H22N2O2. The number of carbonyl (C=O) groups is 1. The number of β-amino-alcohol motifs (C(OH)–C–C–N with tert-alkyl or cyclic N) is 1. The molecule has 4 nitrogen and oxygen atoms in total. The van der Waals surface area contributed by atoms with Crippen molar-refractivity contribution in [3.05, 3.63) is 71.3 Å². The lowest BCUT2D eigenvalue weighted by Crippen LogP contribution is -2.24. The highest BCUT2D eigenvalue weighted by Gasteiger charge is 2.20. The highest BCUT2D eigenvalue weighted by molar-refractivity contribution is 5.94. The van der Waals surface area contributed by atoms with Gasteiger partial charge in [-0.15, -0.1) is 0 Å². The fraction of sp³-hybridized carbons (Fsp3) is 0.286. The smallest absolute Gasteiger partial charge is 0.296 e. The second kappa shape index (κ2) is 8.48. The Hall–Kier alpha value is -2.61. The van der Waals surface area contributed by atoms with Crippen LogP contribution in [0.5, 0.6) is 0 Å². The van der Waals surface area contributed by atoms with E-state index in [0.29, 0.717) is 13.1 Å². The van der Waals surface area contributed by atoms with Crippen LogP contribution in [0, 0.1) is 11.8 Å². The number of amides is 1. The van der Waals surface area contributed by atoms with Gasteiger partial charge in [0.05, 0.1) is 6.10 Å². The van der Waals surface area contributed by atoms with E-state index in [-0.39, 0.29) is 12.0 Å². The molecule has 0 radical (unpaired) electrons. The van der Waals surface area contributed by atoms with Crippen LogP contribution in [0.1, 0.15) is 23.1 Å². The zero-order valence-electron chi connectivity index (χ0n) is 14.1. The second-order valence-corrected chi connectivity index (χ2v) is 6.25. The number of hydrogen-bond donors (Lipinski definition) is 2. The van der Waals surface area contributed by atoms with E-state index < -0.39 is 0 Å². The fourth-order valence-electron chi connectivity index (χ4n) is 2.95. The number of aliphatic hydroxyl groups is 1. The minimum Gasteiger partial charge on any atom is -0.392 e. The summed E-state index contributed by atoms with van der Waals surface area (Å²) in [6, 6.07) is 17.5. The zero-order valence-corrected chi connectivity index (χ0v) is 14.1. The molecule has 0 bridgehead atoms. The summed E-state index contributed by atoms with van der Waals surface area (Å²) < 4.78 is 0. The maximum absolute atomic E-state index is 12.0. The van der Waals surface area contributed by atoms with Crippen LogP contribution in [0.25, 0.3) is 0 Å². The van der Waals surface area contributed by atoms with E-state index in [9.17, 15) is 9.90 Å². The van der Waals surface area contributed by atoms with Crippen LogP contribution in [-0.4, -0.2) is 35.1 Å². The molecule has 2 aromatic carbocycles. The van der Waals surface area contributed by atoms with Gasteiger partial charge in [-0.1, -0.05) is 48.4 Å². The SMILES string of the molecule is O=C(C#Cc1ccccc1)NCc1ccccc1CN1CC[C@@H](O)C1. The molecule has 2 aromatic rings. The molecule has 2 N–H and O–H groups in total. The Labute approximate surface area is 148 Å². The van der Waals surface area contributed by atoms with Gasteiger partial charge in [0, 0.05) is 37.7 Å². The number of likely N-dealkylation sites (tertiary alicyclic amines) is 1. The van der Waals surface area contributed by atoms with Gasteiger partial charge >= 0.3 is 0 Å². The molecule has 3 rings (SSSR count). The van der Waals surface area contributed by atoms with Crippen LogP contribution < -0.4 is 5.32 Å². The molecule has 4 heteroatoms. The Morgan fingerprint density at radius 3 is 2.56 bits per heavy atom. The summed E-state index contributed by atoms with van der Waals surface area (Å²) >= 11 is 0. The predicted molar refractivity (Wildman–Crippen MR) is 97.5 cm³/mol. The molecule has 1 saturated heterocycles. The van der Waals surface area contributed by atoms with Crippen molar-refractivity contribution in [2.75, 3.05) is 13.1 Å². The van der Waals surface area contributed by atoms with E-state index >= 15 is 0 Å². The molecule has 1 aliphatic rings. The van der Waals surface area contributed by atoms with Crippen LogP contribution in [0.3, 0.4) is 0 Å². The van der Waals surface area contributed by atoms with Crippen LogP contribution >= 0.6 is 0 Å². The third kappa shape index (κ3) is 5.18. The fourth-order valence-corrected chi connectivity index (χ4v) is 2.95. The lowest BCUT2D eigenvalue weighted by atomic mass is 10.1. The monoisotopic (exact) mass is 334 g/mol. The average Bonchev–Trinajstić information content (AvgIpc) is 3.05. The van der Waals surface area contributed by atoms with Crippen LogP contribution in [0.15, 0.2) is 54.6 Å². The van der Waals surface area contributed by atoms with Gasteiger partial charge in [0.2, 0.25) is 0 Å². The van der Waals surface area contributed by atoms with Crippen molar-refractivity contribution in [3.63, 3.8) is 0 Å². The number of aliphatic hydroxyl groups excluding tert-OH is 1. The summed E-state index contributed by atoms with van der Waals surface area (Å²) in [5.74, 6) is 5.20. The molecule has 128 valence electrons. The topological polar surface area (TPSA) is 52.6 Å². The Balaban J connectivity index is 1.58. The molecule has 25 heavy (non-hydrogen) atoms. The van der Waals surface area contributed by atoms with Gasteiger partial charge in [-0.2, -0.15) is 0 Å². The van der Waals surface area contributed by atoms with Gasteiger partial charge in [0.25, 0.3) is 5.91 Å². The third-order valence-corrected chi connectivity index (χ3v) is 4.29. The van der Waals surface area contributed by atoms with E-state index in [1.807, 2.05) is 48.5 Å². The molecule has 0 aromatic heterocycles. The summed E-state index contributed by atoms with van der Waals surface area (Å²) in [5, 5.41) is 12.5. The second-order valence-electron chi connectivity index (χ2n) is 6.25. The van der Waals surface area contributed by atoms with Crippen molar-refractivity contribution in [2.45, 2.75) is 25.6 Å². The third-order valence-electron chi connectivity index (χ3n) is 4.29. The highest BCUT2D eigenvalue weighted by atomic mass is 16.3. The van der Waals surface area contributed by atoms with Gasteiger partial charge in [-0.25, -0.2) is 0 Å². The number of rotatable bonds is 4. The largest absolute Gasteiger partial charge is 0.392 e. The predicted octanol–water partition coefficient (Wildman–Crippen LogP) is 1.92. The molecule has 1 atom stereocenters. The van der Waals surface area contributed by atoms with Gasteiger partial charge in [-0.3, -0.25) is 9.69 Å². The molecule has 1 aliphatic heterocycles. The minimum atomic E-state index is -0.282. The van der Waals surface area contributed by atoms with Crippen LogP contribution in [-0.2, 0) is 17.9 Å². The Morgan fingerprint density at radius 2 is 1.84 bits per heavy atom. The van der Waals surface area contributed by atoms with E-state index in [0.717, 1.165) is 30.6 Å². The number of benzene rings is 2. The first kappa shape index (κ1) is 17.2. The lowest BCUT2D eigenvalue weighted by molar-refractivity contribution is -0.115. The maximum atomic E-state index is 12.0. The maximum Gasteiger partial charge on any atom is 0.296 e. The summed E-state index contributed by atoms with van der Waals surface area (Å²) in [6.07, 6.45) is 0.605. The first-order valence-electron chi connectivity index (χ1n) is 8.53. The Kier molecular flexibility index (Phi) is 5.84. The van der Waals surface area contributed by atoms with Gasteiger partial charge in [0.15, 0.2) is 0 Å². The number of hydrogen-bond acceptors (Lipinski definition) is 3. The van der Waals surface area contributed by atoms with Crippen molar-refractivity contribution in [2.24, 2.45) is 0 Å². The first-order valence-corrected chi connectivity index (χ1v) is 8.53. The first-order chi connectivity index (χ1) is 12.2. The molecule has 1 fully saturated rings. The normalized spacial score (nSPS) is 16.9. The summed E-state index contributed by atoms with van der Waals surface area (Å²) in [6.45, 7) is 2.86. The molecule has 1 amide bonds. The zero-order chi connectivity index (χ0) is 17.5. The Bertz CT molecular complexity index is 777.